The number of fused-ring (bicyclic) bond motifs is 1. The van der Waals surface area contributed by atoms with Crippen LogP contribution in [0.3, 0.4) is 0 Å². The number of piperazine rings is 1. The molecule has 0 atom stereocenters. The van der Waals surface area contributed by atoms with E-state index in [-0.39, 0.29) is 0 Å². The quantitative estimate of drug-likeness (QED) is 0.812. The van der Waals surface area contributed by atoms with E-state index < -0.39 is 0 Å². The number of aryl methyl sites for hydroxylation is 1. The Kier molecular flexibility index (Phi) is 5.09. The highest BCUT2D eigenvalue weighted by Gasteiger charge is 2.22. The van der Waals surface area contributed by atoms with Crippen LogP contribution in [0.5, 0.6) is 5.75 Å². The predicted molar refractivity (Wildman–Crippen MR) is 109 cm³/mol. The fourth-order valence-electron chi connectivity index (χ4n) is 3.68. The molecule has 136 valence electrons. The van der Waals surface area contributed by atoms with Gasteiger partial charge in [0.15, 0.2) is 5.11 Å². The Labute approximate surface area is 160 Å². The minimum atomic E-state index is 0.829. The Morgan fingerprint density at radius 3 is 2.69 bits per heavy atom. The molecule has 0 radical (unpaired) electrons. The SMILES string of the molecule is Cc1ccc(NC(=S)N2CC[NH+](Cc3ccc4c(c3)CCO4)CC2)cc1. The molecule has 0 aliphatic carbocycles. The van der Waals surface area contributed by atoms with Crippen molar-refractivity contribution in [3.8, 4) is 5.75 Å². The third-order valence-electron chi connectivity index (χ3n) is 5.27. The molecule has 5 heteroatoms. The number of nitrogens with one attached hydrogen (secondary N) is 2. The summed E-state index contributed by atoms with van der Waals surface area (Å²) < 4.78 is 5.60. The molecule has 0 amide bonds. The van der Waals surface area contributed by atoms with Crippen LogP contribution in [0.4, 0.5) is 5.69 Å². The number of hydrogen-bond acceptors (Lipinski definition) is 2. The summed E-state index contributed by atoms with van der Waals surface area (Å²) in [5, 5.41) is 4.20. The topological polar surface area (TPSA) is 28.9 Å². The molecule has 2 N–H and O–H groups in total. The zero-order valence-corrected chi connectivity index (χ0v) is 16.1. The van der Waals surface area contributed by atoms with E-state index >= 15 is 0 Å². The van der Waals surface area contributed by atoms with Gasteiger partial charge in [-0.2, -0.15) is 0 Å². The number of thiocarbonyl (C=S) groups is 1. The van der Waals surface area contributed by atoms with E-state index in [4.69, 9.17) is 17.0 Å². The monoisotopic (exact) mass is 368 g/mol. The molecule has 2 aromatic rings. The molecule has 1 fully saturated rings. The van der Waals surface area contributed by atoms with Gasteiger partial charge in [-0.1, -0.05) is 17.7 Å². The summed E-state index contributed by atoms with van der Waals surface area (Å²) in [4.78, 5) is 3.91. The Morgan fingerprint density at radius 2 is 1.92 bits per heavy atom. The van der Waals surface area contributed by atoms with Gasteiger partial charge in [-0.15, -0.1) is 0 Å². The molecular weight excluding hydrogens is 342 g/mol. The minimum Gasteiger partial charge on any atom is -0.493 e. The van der Waals surface area contributed by atoms with E-state index in [0.29, 0.717) is 0 Å². The van der Waals surface area contributed by atoms with Gasteiger partial charge >= 0.3 is 0 Å². The van der Waals surface area contributed by atoms with E-state index in [9.17, 15) is 0 Å². The number of rotatable bonds is 3. The summed E-state index contributed by atoms with van der Waals surface area (Å²) in [5.74, 6) is 1.07. The highest BCUT2D eigenvalue weighted by atomic mass is 32.1. The van der Waals surface area contributed by atoms with Crippen LogP contribution in [0, 0.1) is 6.92 Å². The van der Waals surface area contributed by atoms with Crippen molar-refractivity contribution in [1.82, 2.24) is 4.90 Å². The molecule has 2 heterocycles. The second-order valence-corrected chi connectivity index (χ2v) is 7.64. The molecule has 0 spiro atoms. The van der Waals surface area contributed by atoms with Crippen molar-refractivity contribution in [3.63, 3.8) is 0 Å². The highest BCUT2D eigenvalue weighted by Crippen LogP contribution is 2.25. The van der Waals surface area contributed by atoms with Crippen LogP contribution >= 0.6 is 12.2 Å². The lowest BCUT2D eigenvalue weighted by Crippen LogP contribution is -3.13. The van der Waals surface area contributed by atoms with Crippen molar-refractivity contribution < 1.29 is 9.64 Å². The van der Waals surface area contributed by atoms with Crippen molar-refractivity contribution >= 4 is 23.0 Å². The van der Waals surface area contributed by atoms with Crippen LogP contribution < -0.4 is 15.0 Å². The van der Waals surface area contributed by atoms with E-state index in [1.807, 2.05) is 0 Å². The van der Waals surface area contributed by atoms with E-state index in [0.717, 1.165) is 62.3 Å². The fourth-order valence-corrected chi connectivity index (χ4v) is 3.98. The Hall–Kier alpha value is -2.11. The van der Waals surface area contributed by atoms with Crippen molar-refractivity contribution in [2.24, 2.45) is 0 Å². The highest BCUT2D eigenvalue weighted by molar-refractivity contribution is 7.80. The molecule has 0 aromatic heterocycles. The number of benzene rings is 2. The summed E-state index contributed by atoms with van der Waals surface area (Å²) in [6, 6.07) is 15.1. The van der Waals surface area contributed by atoms with Gasteiger partial charge in [0.25, 0.3) is 0 Å². The van der Waals surface area contributed by atoms with Gasteiger partial charge in [0, 0.05) is 17.7 Å². The van der Waals surface area contributed by atoms with Crippen LogP contribution in [-0.4, -0.2) is 42.8 Å². The van der Waals surface area contributed by atoms with Gasteiger partial charge in [-0.05, 0) is 55.0 Å². The summed E-state index contributed by atoms with van der Waals surface area (Å²) in [5.41, 5.74) is 5.11. The third-order valence-corrected chi connectivity index (χ3v) is 5.63. The van der Waals surface area contributed by atoms with E-state index in [1.165, 1.54) is 16.7 Å². The molecule has 26 heavy (non-hydrogen) atoms. The normalized spacial score (nSPS) is 16.9. The zero-order chi connectivity index (χ0) is 17.9. The molecule has 4 rings (SSSR count). The largest absolute Gasteiger partial charge is 0.493 e. The smallest absolute Gasteiger partial charge is 0.173 e. The number of anilines is 1. The summed E-state index contributed by atoms with van der Waals surface area (Å²) >= 11 is 5.60. The molecule has 0 saturated carbocycles. The molecule has 2 aliphatic heterocycles. The van der Waals surface area contributed by atoms with Crippen molar-refractivity contribution in [2.45, 2.75) is 19.9 Å². The maximum atomic E-state index is 5.60. The molecule has 0 unspecified atom stereocenters. The molecule has 1 saturated heterocycles. The first kappa shape index (κ1) is 17.3. The lowest BCUT2D eigenvalue weighted by Gasteiger charge is -2.34. The molecule has 4 nitrogen and oxygen atoms in total. The lowest BCUT2D eigenvalue weighted by molar-refractivity contribution is -0.917. The number of ether oxygens (including phenoxy) is 1. The first-order valence-corrected chi connectivity index (χ1v) is 9.79. The van der Waals surface area contributed by atoms with Crippen LogP contribution in [0.1, 0.15) is 16.7 Å². The number of hydrogen-bond donors (Lipinski definition) is 2. The summed E-state index contributed by atoms with van der Waals surface area (Å²) in [7, 11) is 0. The Bertz CT molecular complexity index is 782. The Morgan fingerprint density at radius 1 is 1.15 bits per heavy atom. The molecule has 2 aromatic carbocycles. The van der Waals surface area contributed by atoms with Crippen LogP contribution in [0.2, 0.25) is 0 Å². The molecular formula is C21H26N3OS+. The zero-order valence-electron chi connectivity index (χ0n) is 15.3. The summed E-state index contributed by atoms with van der Waals surface area (Å²) in [6.45, 7) is 8.24. The predicted octanol–water partition coefficient (Wildman–Crippen LogP) is 2.03. The van der Waals surface area contributed by atoms with Crippen molar-refractivity contribution in [3.05, 3.63) is 59.2 Å². The van der Waals surface area contributed by atoms with Crippen molar-refractivity contribution in [1.29, 1.82) is 0 Å². The standard InChI is InChI=1S/C21H25N3OS/c1-16-2-5-19(6-3-16)22-21(26)24-11-9-23(10-12-24)15-17-4-7-20-18(14-17)8-13-25-20/h2-7,14H,8-13,15H2,1H3,(H,22,26)/p+1. The second kappa shape index (κ2) is 7.64. The first-order chi connectivity index (χ1) is 12.7. The second-order valence-electron chi connectivity index (χ2n) is 7.25. The van der Waals surface area contributed by atoms with Gasteiger partial charge in [-0.3, -0.25) is 0 Å². The summed E-state index contributed by atoms with van der Waals surface area (Å²) in [6.07, 6.45) is 1.05. The van der Waals surface area contributed by atoms with Gasteiger partial charge in [-0.25, -0.2) is 0 Å². The van der Waals surface area contributed by atoms with Crippen molar-refractivity contribution in [2.75, 3.05) is 38.1 Å². The number of nitrogens with zero attached hydrogens (tertiary/aromatic N) is 1. The minimum absolute atomic E-state index is 0.829. The average molecular weight is 369 g/mol. The average Bonchev–Trinajstić information content (AvgIpc) is 3.12. The lowest BCUT2D eigenvalue weighted by atomic mass is 10.1. The van der Waals surface area contributed by atoms with Gasteiger partial charge < -0.3 is 19.9 Å². The maximum absolute atomic E-state index is 5.60. The van der Waals surface area contributed by atoms with Crippen LogP contribution in [-0.2, 0) is 13.0 Å². The van der Waals surface area contributed by atoms with Gasteiger partial charge in [0.1, 0.15) is 12.3 Å². The van der Waals surface area contributed by atoms with Crippen LogP contribution in [0.15, 0.2) is 42.5 Å². The number of quaternary nitrogens is 1. The third kappa shape index (κ3) is 4.00. The first-order valence-electron chi connectivity index (χ1n) is 9.38. The Balaban J connectivity index is 1.28. The van der Waals surface area contributed by atoms with Crippen LogP contribution in [0.25, 0.3) is 0 Å². The van der Waals surface area contributed by atoms with Gasteiger partial charge in [0.05, 0.1) is 32.8 Å². The van der Waals surface area contributed by atoms with E-state index in [2.05, 4.69) is 59.6 Å². The molecule has 2 aliphatic rings. The van der Waals surface area contributed by atoms with E-state index in [1.54, 1.807) is 4.90 Å². The maximum Gasteiger partial charge on any atom is 0.173 e. The fraction of sp³-hybridized carbons (Fsp3) is 0.381. The molecule has 0 bridgehead atoms. The van der Waals surface area contributed by atoms with Gasteiger partial charge in [0.2, 0.25) is 0 Å².